The molecule has 0 unspecified atom stereocenters. The van der Waals surface area contributed by atoms with E-state index in [1.807, 2.05) is 24.3 Å². The summed E-state index contributed by atoms with van der Waals surface area (Å²) in [6.45, 7) is 0.503. The molecule has 0 amide bonds. The van der Waals surface area contributed by atoms with Crippen molar-refractivity contribution in [2.45, 2.75) is 6.54 Å². The van der Waals surface area contributed by atoms with Gasteiger partial charge in [0.05, 0.1) is 7.11 Å². The summed E-state index contributed by atoms with van der Waals surface area (Å²) in [5, 5.41) is 2.96. The Kier molecular flexibility index (Phi) is 3.47. The first-order chi connectivity index (χ1) is 8.67. The average molecular weight is 247 g/mol. The number of aromatic nitrogens is 2. The van der Waals surface area contributed by atoms with Gasteiger partial charge in [-0.05, 0) is 17.7 Å². The number of aromatic amines is 2. The van der Waals surface area contributed by atoms with Crippen molar-refractivity contribution >= 4 is 5.82 Å². The molecule has 0 aliphatic carbocycles. The molecular weight excluding hydrogens is 234 g/mol. The lowest BCUT2D eigenvalue weighted by molar-refractivity contribution is 0.414. The van der Waals surface area contributed by atoms with E-state index in [2.05, 4.69) is 15.3 Å². The van der Waals surface area contributed by atoms with Gasteiger partial charge in [0, 0.05) is 12.6 Å². The summed E-state index contributed by atoms with van der Waals surface area (Å²) < 4.78 is 5.05. The first-order valence-electron chi connectivity index (χ1n) is 5.38. The van der Waals surface area contributed by atoms with Gasteiger partial charge in [0.25, 0.3) is 5.56 Å². The molecule has 1 aromatic carbocycles. The van der Waals surface area contributed by atoms with Crippen molar-refractivity contribution in [1.82, 2.24) is 9.97 Å². The first kappa shape index (κ1) is 12.0. The van der Waals surface area contributed by atoms with Gasteiger partial charge in [0.1, 0.15) is 11.6 Å². The second kappa shape index (κ2) is 5.22. The number of hydrogen-bond donors (Lipinski definition) is 3. The number of nitrogens with one attached hydrogen (secondary N) is 3. The molecule has 6 heteroatoms. The Morgan fingerprint density at radius 1 is 1.17 bits per heavy atom. The molecule has 0 fully saturated rings. The maximum Gasteiger partial charge on any atom is 0.327 e. The highest BCUT2D eigenvalue weighted by Crippen LogP contribution is 2.11. The number of methoxy groups -OCH3 is 1. The van der Waals surface area contributed by atoms with Crippen molar-refractivity contribution < 1.29 is 4.74 Å². The highest BCUT2D eigenvalue weighted by Gasteiger charge is 1.97. The normalized spacial score (nSPS) is 10.1. The summed E-state index contributed by atoms with van der Waals surface area (Å²) >= 11 is 0. The summed E-state index contributed by atoms with van der Waals surface area (Å²) in [5.41, 5.74) is 0.0487. The molecule has 94 valence electrons. The lowest BCUT2D eigenvalue weighted by Gasteiger charge is -2.06. The molecule has 1 aromatic heterocycles. The Morgan fingerprint density at radius 3 is 2.50 bits per heavy atom. The van der Waals surface area contributed by atoms with Gasteiger partial charge in [-0.3, -0.25) is 14.8 Å². The van der Waals surface area contributed by atoms with E-state index in [-0.39, 0.29) is 0 Å². The van der Waals surface area contributed by atoms with E-state index in [9.17, 15) is 9.59 Å². The third kappa shape index (κ3) is 3.00. The fourth-order valence-corrected chi connectivity index (χ4v) is 1.50. The maximum absolute atomic E-state index is 11.1. The summed E-state index contributed by atoms with van der Waals surface area (Å²) in [6.07, 6.45) is 0. The van der Waals surface area contributed by atoms with Gasteiger partial charge in [0.15, 0.2) is 0 Å². The van der Waals surface area contributed by atoms with Crippen LogP contribution in [0.15, 0.2) is 39.9 Å². The van der Waals surface area contributed by atoms with Crippen LogP contribution in [0.25, 0.3) is 0 Å². The fourth-order valence-electron chi connectivity index (χ4n) is 1.50. The molecule has 0 atom stereocenters. The van der Waals surface area contributed by atoms with Crippen LogP contribution >= 0.6 is 0 Å². The van der Waals surface area contributed by atoms with Crippen molar-refractivity contribution in [2.24, 2.45) is 0 Å². The zero-order valence-corrected chi connectivity index (χ0v) is 9.82. The smallest absolute Gasteiger partial charge is 0.327 e. The Balaban J connectivity index is 2.06. The molecule has 2 aromatic rings. The van der Waals surface area contributed by atoms with Crippen LogP contribution < -0.4 is 21.3 Å². The number of benzene rings is 1. The van der Waals surface area contributed by atoms with E-state index in [0.717, 1.165) is 11.3 Å². The van der Waals surface area contributed by atoms with Crippen molar-refractivity contribution in [2.75, 3.05) is 12.4 Å². The van der Waals surface area contributed by atoms with Crippen LogP contribution in [0.3, 0.4) is 0 Å². The van der Waals surface area contributed by atoms with Gasteiger partial charge in [-0.2, -0.15) is 0 Å². The Hall–Kier alpha value is -2.50. The predicted octanol–water partition coefficient (Wildman–Crippen LogP) is 0.684. The molecule has 2 rings (SSSR count). The number of anilines is 1. The summed E-state index contributed by atoms with van der Waals surface area (Å²) in [4.78, 5) is 26.7. The van der Waals surface area contributed by atoms with Gasteiger partial charge in [-0.1, -0.05) is 12.1 Å². The second-order valence-corrected chi connectivity index (χ2v) is 3.70. The standard InChI is InChI=1S/C12H13N3O3/c1-18-9-4-2-8(3-5-9)7-13-10-6-11(16)15-12(17)14-10/h2-6H,7H2,1H3,(H3,13,14,15,16,17). The quantitative estimate of drug-likeness (QED) is 0.741. The predicted molar refractivity (Wildman–Crippen MR) is 68.0 cm³/mol. The van der Waals surface area contributed by atoms with Crippen LogP contribution in [0.4, 0.5) is 5.82 Å². The fraction of sp³-hybridized carbons (Fsp3) is 0.167. The number of hydrogen-bond acceptors (Lipinski definition) is 4. The molecule has 0 radical (unpaired) electrons. The monoisotopic (exact) mass is 247 g/mol. The van der Waals surface area contributed by atoms with E-state index >= 15 is 0 Å². The molecule has 6 nitrogen and oxygen atoms in total. The largest absolute Gasteiger partial charge is 0.497 e. The van der Waals surface area contributed by atoms with E-state index in [1.165, 1.54) is 6.07 Å². The molecule has 0 aliphatic heterocycles. The molecule has 0 spiro atoms. The molecule has 0 saturated carbocycles. The Bertz CT molecular complexity index is 600. The van der Waals surface area contributed by atoms with Crippen LogP contribution in [0, 0.1) is 0 Å². The van der Waals surface area contributed by atoms with Crippen LogP contribution in [-0.2, 0) is 6.54 Å². The van der Waals surface area contributed by atoms with Crippen LogP contribution in [0.1, 0.15) is 5.56 Å². The Labute approximate surface area is 103 Å². The van der Waals surface area contributed by atoms with Gasteiger partial charge in [0.2, 0.25) is 0 Å². The van der Waals surface area contributed by atoms with Crippen molar-refractivity contribution in [3.8, 4) is 5.75 Å². The minimum Gasteiger partial charge on any atom is -0.497 e. The average Bonchev–Trinajstić information content (AvgIpc) is 2.36. The van der Waals surface area contributed by atoms with Crippen LogP contribution in [0.5, 0.6) is 5.75 Å². The number of H-pyrrole nitrogens is 2. The summed E-state index contributed by atoms with van der Waals surface area (Å²) in [7, 11) is 1.61. The summed E-state index contributed by atoms with van der Waals surface area (Å²) in [6, 6.07) is 8.79. The van der Waals surface area contributed by atoms with Crippen molar-refractivity contribution in [3.63, 3.8) is 0 Å². The van der Waals surface area contributed by atoms with Gasteiger partial charge < -0.3 is 10.1 Å². The lowest BCUT2D eigenvalue weighted by atomic mass is 10.2. The number of rotatable bonds is 4. The number of ether oxygens (including phenoxy) is 1. The van der Waals surface area contributed by atoms with Crippen LogP contribution in [0.2, 0.25) is 0 Å². The molecule has 1 heterocycles. The van der Waals surface area contributed by atoms with Crippen molar-refractivity contribution in [3.05, 3.63) is 56.7 Å². The maximum atomic E-state index is 11.1. The SMILES string of the molecule is COc1ccc(CNc2cc(=O)[nH]c(=O)[nH]2)cc1. The van der Waals surface area contributed by atoms with E-state index < -0.39 is 11.2 Å². The topological polar surface area (TPSA) is 87.0 Å². The molecular formula is C12H13N3O3. The summed E-state index contributed by atoms with van der Waals surface area (Å²) in [5.74, 6) is 1.17. The molecule has 0 bridgehead atoms. The van der Waals surface area contributed by atoms with E-state index in [4.69, 9.17) is 4.74 Å². The Morgan fingerprint density at radius 2 is 1.89 bits per heavy atom. The van der Waals surface area contributed by atoms with Gasteiger partial charge in [-0.25, -0.2) is 4.79 Å². The third-order valence-electron chi connectivity index (χ3n) is 2.40. The second-order valence-electron chi connectivity index (χ2n) is 3.70. The molecule has 3 N–H and O–H groups in total. The zero-order chi connectivity index (χ0) is 13.0. The molecule has 0 aliphatic rings. The zero-order valence-electron chi connectivity index (χ0n) is 9.82. The van der Waals surface area contributed by atoms with Crippen molar-refractivity contribution in [1.29, 1.82) is 0 Å². The minimum atomic E-state index is -0.528. The third-order valence-corrected chi connectivity index (χ3v) is 2.40. The van der Waals surface area contributed by atoms with E-state index in [0.29, 0.717) is 12.4 Å². The van der Waals surface area contributed by atoms with Crippen LogP contribution in [-0.4, -0.2) is 17.1 Å². The molecule has 0 saturated heterocycles. The minimum absolute atomic E-state index is 0.388. The first-order valence-corrected chi connectivity index (χ1v) is 5.38. The van der Waals surface area contributed by atoms with Gasteiger partial charge >= 0.3 is 5.69 Å². The highest BCUT2D eigenvalue weighted by molar-refractivity contribution is 5.35. The van der Waals surface area contributed by atoms with Gasteiger partial charge in [-0.15, -0.1) is 0 Å². The lowest BCUT2D eigenvalue weighted by Crippen LogP contribution is -2.22. The highest BCUT2D eigenvalue weighted by atomic mass is 16.5. The van der Waals surface area contributed by atoms with E-state index in [1.54, 1.807) is 7.11 Å². The molecule has 18 heavy (non-hydrogen) atoms.